The molecular weight excluding hydrogens is 348 g/mol. The molecule has 0 amide bonds. The zero-order valence-corrected chi connectivity index (χ0v) is 15.1. The quantitative estimate of drug-likeness (QED) is 0.866. The van der Waals surface area contributed by atoms with Crippen LogP contribution in [0.25, 0.3) is 0 Å². The molecule has 2 aromatic carbocycles. The van der Waals surface area contributed by atoms with Gasteiger partial charge in [-0.3, -0.25) is 0 Å². The van der Waals surface area contributed by atoms with Gasteiger partial charge in [-0.25, -0.2) is 8.78 Å². The predicted octanol–water partition coefficient (Wildman–Crippen LogP) is 3.77. The van der Waals surface area contributed by atoms with Crippen molar-refractivity contribution in [3.05, 3.63) is 83.2 Å². The molecule has 1 fully saturated rings. The van der Waals surface area contributed by atoms with Crippen molar-refractivity contribution in [3.63, 3.8) is 0 Å². The third-order valence-electron chi connectivity index (χ3n) is 4.82. The second kappa shape index (κ2) is 8.06. The van der Waals surface area contributed by atoms with E-state index in [1.807, 2.05) is 0 Å². The summed E-state index contributed by atoms with van der Waals surface area (Å²) in [7, 11) is 0. The van der Waals surface area contributed by atoms with Crippen LogP contribution < -0.4 is 5.43 Å². The van der Waals surface area contributed by atoms with Gasteiger partial charge in [-0.15, -0.1) is 0 Å². The Balaban J connectivity index is 1.50. The number of rotatable bonds is 5. The Kier molecular flexibility index (Phi) is 5.36. The largest absolute Gasteiger partial charge is 0.372 e. The number of halogens is 2. The molecule has 27 heavy (non-hydrogen) atoms. The van der Waals surface area contributed by atoms with Gasteiger partial charge in [0.1, 0.15) is 11.6 Å². The summed E-state index contributed by atoms with van der Waals surface area (Å²) in [6.45, 7) is 2.76. The minimum Gasteiger partial charge on any atom is -0.372 e. The van der Waals surface area contributed by atoms with Gasteiger partial charge in [0.2, 0.25) is 0 Å². The topological polar surface area (TPSA) is 27.7 Å². The van der Waals surface area contributed by atoms with Crippen molar-refractivity contribution in [1.82, 2.24) is 15.3 Å². The van der Waals surface area contributed by atoms with E-state index in [2.05, 4.69) is 21.5 Å². The highest BCUT2D eigenvalue weighted by molar-refractivity contribution is 5.19. The van der Waals surface area contributed by atoms with E-state index in [1.165, 1.54) is 24.3 Å². The van der Waals surface area contributed by atoms with Gasteiger partial charge in [-0.2, -0.15) is 5.01 Å². The summed E-state index contributed by atoms with van der Waals surface area (Å²) in [5.41, 5.74) is 6.56. The van der Waals surface area contributed by atoms with Gasteiger partial charge in [0, 0.05) is 25.9 Å². The van der Waals surface area contributed by atoms with Crippen molar-refractivity contribution in [1.29, 1.82) is 0 Å². The molecule has 2 heterocycles. The molecule has 142 valence electrons. The molecule has 1 N–H and O–H groups in total. The van der Waals surface area contributed by atoms with Gasteiger partial charge in [0.25, 0.3) is 0 Å². The Morgan fingerprint density at radius 1 is 0.926 bits per heavy atom. The normalized spacial score (nSPS) is 20.4. The highest BCUT2D eigenvalue weighted by atomic mass is 19.1. The highest BCUT2D eigenvalue weighted by Gasteiger charge is 2.26. The number of hydrogen-bond acceptors (Lipinski definition) is 4. The monoisotopic (exact) mass is 371 g/mol. The summed E-state index contributed by atoms with van der Waals surface area (Å²) < 4.78 is 32.2. The second-order valence-corrected chi connectivity index (χ2v) is 7.04. The molecule has 4 rings (SSSR count). The molecule has 0 spiro atoms. The van der Waals surface area contributed by atoms with Crippen LogP contribution in [0.3, 0.4) is 0 Å². The fourth-order valence-electron chi connectivity index (χ4n) is 3.50. The van der Waals surface area contributed by atoms with E-state index in [0.717, 1.165) is 36.3 Å². The SMILES string of the molecule is Fc1ccc(CN2C=C(C3CCCO3)NN(Cc3ccc(F)cc3)C2)cc1. The lowest BCUT2D eigenvalue weighted by Gasteiger charge is -2.38. The van der Waals surface area contributed by atoms with Crippen LogP contribution in [0.15, 0.2) is 60.4 Å². The molecule has 4 nitrogen and oxygen atoms in total. The van der Waals surface area contributed by atoms with Crippen LogP contribution in [0, 0.1) is 11.6 Å². The lowest BCUT2D eigenvalue weighted by atomic mass is 10.1. The zero-order chi connectivity index (χ0) is 18.6. The standard InChI is InChI=1S/C21H23F2N3O/c22-18-7-3-16(4-8-18)12-25-14-20(21-2-1-11-27-21)24-26(15-25)13-17-5-9-19(23)10-6-17/h3-10,14,21,24H,1-2,11-13,15H2. The van der Waals surface area contributed by atoms with E-state index in [4.69, 9.17) is 4.74 Å². The van der Waals surface area contributed by atoms with E-state index >= 15 is 0 Å². The first-order valence-electron chi connectivity index (χ1n) is 9.23. The summed E-state index contributed by atoms with van der Waals surface area (Å²) in [6.07, 6.45) is 4.21. The van der Waals surface area contributed by atoms with Gasteiger partial charge >= 0.3 is 0 Å². The first kappa shape index (κ1) is 17.9. The Hall–Kier alpha value is -2.44. The Bertz CT molecular complexity index is 786. The zero-order valence-electron chi connectivity index (χ0n) is 15.1. The summed E-state index contributed by atoms with van der Waals surface area (Å²) in [5, 5.41) is 2.09. The van der Waals surface area contributed by atoms with Crippen molar-refractivity contribution >= 4 is 0 Å². The van der Waals surface area contributed by atoms with Crippen LogP contribution in [0.2, 0.25) is 0 Å². The van der Waals surface area contributed by atoms with Crippen LogP contribution in [0.1, 0.15) is 24.0 Å². The summed E-state index contributed by atoms with van der Waals surface area (Å²) in [4.78, 5) is 2.18. The molecule has 1 unspecified atom stereocenters. The summed E-state index contributed by atoms with van der Waals surface area (Å²) >= 11 is 0. The number of hydrazine groups is 1. The van der Waals surface area contributed by atoms with E-state index in [9.17, 15) is 8.78 Å². The maximum atomic E-state index is 13.2. The van der Waals surface area contributed by atoms with Crippen LogP contribution in [0.4, 0.5) is 8.78 Å². The number of nitrogens with zero attached hydrogens (tertiary/aromatic N) is 2. The molecule has 2 aliphatic heterocycles. The smallest absolute Gasteiger partial charge is 0.123 e. The molecule has 2 aromatic rings. The minimum atomic E-state index is -0.233. The van der Waals surface area contributed by atoms with E-state index in [1.54, 1.807) is 24.3 Å². The summed E-state index contributed by atoms with van der Waals surface area (Å²) in [5.74, 6) is -0.462. The molecule has 1 atom stereocenters. The highest BCUT2D eigenvalue weighted by Crippen LogP contribution is 2.23. The lowest BCUT2D eigenvalue weighted by molar-refractivity contribution is 0.0580. The second-order valence-electron chi connectivity index (χ2n) is 7.04. The molecule has 0 aromatic heterocycles. The molecule has 0 bridgehead atoms. The van der Waals surface area contributed by atoms with E-state index in [-0.39, 0.29) is 17.7 Å². The molecular formula is C21H23F2N3O. The molecule has 1 saturated heterocycles. The van der Waals surface area contributed by atoms with Crippen molar-refractivity contribution in [3.8, 4) is 0 Å². The van der Waals surface area contributed by atoms with Crippen molar-refractivity contribution in [2.24, 2.45) is 0 Å². The Labute approximate surface area is 158 Å². The Morgan fingerprint density at radius 3 is 2.15 bits per heavy atom. The van der Waals surface area contributed by atoms with Crippen LogP contribution in [-0.4, -0.2) is 29.3 Å². The maximum absolute atomic E-state index is 13.2. The van der Waals surface area contributed by atoms with Crippen molar-refractivity contribution in [2.75, 3.05) is 13.3 Å². The van der Waals surface area contributed by atoms with Gasteiger partial charge < -0.3 is 15.1 Å². The average molecular weight is 371 g/mol. The van der Waals surface area contributed by atoms with Crippen LogP contribution in [-0.2, 0) is 17.8 Å². The molecule has 2 aliphatic rings. The number of hydrogen-bond donors (Lipinski definition) is 1. The van der Waals surface area contributed by atoms with E-state index in [0.29, 0.717) is 19.8 Å². The third-order valence-corrected chi connectivity index (χ3v) is 4.82. The maximum Gasteiger partial charge on any atom is 0.123 e. The molecule has 0 radical (unpaired) electrons. The first-order chi connectivity index (χ1) is 13.2. The van der Waals surface area contributed by atoms with Crippen LogP contribution >= 0.6 is 0 Å². The van der Waals surface area contributed by atoms with Gasteiger partial charge in [-0.1, -0.05) is 24.3 Å². The van der Waals surface area contributed by atoms with Gasteiger partial charge in [-0.05, 0) is 48.2 Å². The molecule has 0 saturated carbocycles. The fraction of sp³-hybridized carbons (Fsp3) is 0.333. The lowest BCUT2D eigenvalue weighted by Crippen LogP contribution is -2.49. The molecule has 0 aliphatic carbocycles. The number of nitrogens with one attached hydrogen (secondary N) is 1. The van der Waals surface area contributed by atoms with Gasteiger partial charge in [0.05, 0.1) is 18.5 Å². The molecule has 6 heteroatoms. The van der Waals surface area contributed by atoms with E-state index < -0.39 is 0 Å². The number of benzene rings is 2. The summed E-state index contributed by atoms with van der Waals surface area (Å²) in [6, 6.07) is 13.1. The fourth-order valence-corrected chi connectivity index (χ4v) is 3.50. The van der Waals surface area contributed by atoms with Gasteiger partial charge in [0.15, 0.2) is 0 Å². The first-order valence-corrected chi connectivity index (χ1v) is 9.23. The predicted molar refractivity (Wildman–Crippen MR) is 98.9 cm³/mol. The van der Waals surface area contributed by atoms with Crippen molar-refractivity contribution < 1.29 is 13.5 Å². The Morgan fingerprint density at radius 2 is 1.56 bits per heavy atom. The van der Waals surface area contributed by atoms with Crippen LogP contribution in [0.5, 0.6) is 0 Å². The number of ether oxygens (including phenoxy) is 1. The average Bonchev–Trinajstić information content (AvgIpc) is 3.20. The third kappa shape index (κ3) is 4.64. The van der Waals surface area contributed by atoms with Crippen molar-refractivity contribution in [2.45, 2.75) is 32.0 Å². The minimum absolute atomic E-state index is 0.0664.